The maximum Gasteiger partial charge on any atom is 0.330 e. The van der Waals surface area contributed by atoms with Gasteiger partial charge in [-0.15, -0.1) is 4.98 Å². The van der Waals surface area contributed by atoms with Gasteiger partial charge in [-0.25, -0.2) is 0 Å². The average Bonchev–Trinajstić information content (AvgIpc) is 2.85. The summed E-state index contributed by atoms with van der Waals surface area (Å²) in [7, 11) is 0. The van der Waals surface area contributed by atoms with E-state index in [0.717, 1.165) is 6.54 Å². The molecule has 0 spiro atoms. The van der Waals surface area contributed by atoms with Crippen LogP contribution in [-0.4, -0.2) is 37.4 Å². The highest BCUT2D eigenvalue weighted by Crippen LogP contribution is 2.20. The molecular weight excluding hydrogens is 272 g/mol. The minimum absolute atomic E-state index is 0.0300. The van der Waals surface area contributed by atoms with Crippen LogP contribution in [0, 0.1) is 0 Å². The first kappa shape index (κ1) is 15.0. The van der Waals surface area contributed by atoms with E-state index < -0.39 is 0 Å². The van der Waals surface area contributed by atoms with Gasteiger partial charge in [0.1, 0.15) is 0 Å². The Labute approximate surface area is 123 Å². The van der Waals surface area contributed by atoms with E-state index in [0.29, 0.717) is 18.2 Å². The number of anilines is 1. The average molecular weight is 292 g/mol. The van der Waals surface area contributed by atoms with Crippen LogP contribution in [0.3, 0.4) is 0 Å². The zero-order valence-electron chi connectivity index (χ0n) is 12.7. The van der Waals surface area contributed by atoms with Crippen molar-refractivity contribution in [1.82, 2.24) is 24.7 Å². The number of nitrogens with one attached hydrogen (secondary N) is 1. The Bertz CT molecular complexity index is 584. The van der Waals surface area contributed by atoms with Crippen LogP contribution in [-0.2, 0) is 6.54 Å². The molecule has 0 aliphatic carbocycles. The molecular formula is C13H20N6O2. The van der Waals surface area contributed by atoms with Crippen molar-refractivity contribution in [3.05, 3.63) is 12.4 Å². The van der Waals surface area contributed by atoms with Crippen LogP contribution < -0.4 is 14.8 Å². The summed E-state index contributed by atoms with van der Waals surface area (Å²) in [6, 6.07) is 0.404. The molecule has 0 aliphatic heterocycles. The second-order valence-corrected chi connectivity index (χ2v) is 4.55. The van der Waals surface area contributed by atoms with Crippen LogP contribution >= 0.6 is 0 Å². The summed E-state index contributed by atoms with van der Waals surface area (Å²) in [6.07, 6.45) is 3.36. The molecule has 21 heavy (non-hydrogen) atoms. The molecule has 0 aromatic carbocycles. The van der Waals surface area contributed by atoms with Gasteiger partial charge in [-0.3, -0.25) is 4.68 Å². The fourth-order valence-corrected chi connectivity index (χ4v) is 1.56. The lowest BCUT2D eigenvalue weighted by Crippen LogP contribution is -2.12. The summed E-state index contributed by atoms with van der Waals surface area (Å²) in [6.45, 7) is 9.23. The SMILES string of the molecule is CCNc1nc(Oc2cnn(CC)c2)nc(OC(C)C)n1. The van der Waals surface area contributed by atoms with Gasteiger partial charge < -0.3 is 14.8 Å². The number of aryl methyl sites for hydroxylation is 1. The fourth-order valence-electron chi connectivity index (χ4n) is 1.56. The molecule has 0 unspecified atom stereocenters. The first-order valence-corrected chi connectivity index (χ1v) is 6.97. The monoisotopic (exact) mass is 292 g/mol. The van der Waals surface area contributed by atoms with E-state index in [1.807, 2.05) is 27.7 Å². The van der Waals surface area contributed by atoms with Gasteiger partial charge in [0.2, 0.25) is 5.95 Å². The van der Waals surface area contributed by atoms with Gasteiger partial charge >= 0.3 is 12.0 Å². The Morgan fingerprint density at radius 3 is 2.57 bits per heavy atom. The van der Waals surface area contributed by atoms with E-state index in [1.54, 1.807) is 17.1 Å². The van der Waals surface area contributed by atoms with Gasteiger partial charge in [0.05, 0.1) is 18.5 Å². The third kappa shape index (κ3) is 4.30. The summed E-state index contributed by atoms with van der Waals surface area (Å²) < 4.78 is 12.9. The first-order valence-electron chi connectivity index (χ1n) is 6.97. The fraction of sp³-hybridized carbons (Fsp3) is 0.538. The van der Waals surface area contributed by atoms with Crippen LogP contribution in [0.1, 0.15) is 27.7 Å². The van der Waals surface area contributed by atoms with Gasteiger partial charge in [-0.2, -0.15) is 15.1 Å². The van der Waals surface area contributed by atoms with E-state index in [-0.39, 0.29) is 18.1 Å². The Kier molecular flexibility index (Phi) is 4.91. The van der Waals surface area contributed by atoms with Gasteiger partial charge in [-0.1, -0.05) is 0 Å². The largest absolute Gasteiger partial charge is 0.461 e. The van der Waals surface area contributed by atoms with Crippen molar-refractivity contribution in [1.29, 1.82) is 0 Å². The smallest absolute Gasteiger partial charge is 0.330 e. The zero-order chi connectivity index (χ0) is 15.2. The minimum Gasteiger partial charge on any atom is -0.461 e. The number of ether oxygens (including phenoxy) is 2. The van der Waals surface area contributed by atoms with E-state index in [9.17, 15) is 0 Å². The van der Waals surface area contributed by atoms with Crippen LogP contribution in [0.25, 0.3) is 0 Å². The highest BCUT2D eigenvalue weighted by Gasteiger charge is 2.11. The van der Waals surface area contributed by atoms with E-state index >= 15 is 0 Å². The quantitative estimate of drug-likeness (QED) is 0.836. The van der Waals surface area contributed by atoms with Gasteiger partial charge in [-0.05, 0) is 27.7 Å². The third-order valence-electron chi connectivity index (χ3n) is 2.41. The summed E-state index contributed by atoms with van der Waals surface area (Å²) in [5, 5.41) is 7.15. The Hall–Kier alpha value is -2.38. The highest BCUT2D eigenvalue weighted by atomic mass is 16.5. The van der Waals surface area contributed by atoms with Crippen LogP contribution in [0.15, 0.2) is 12.4 Å². The molecule has 2 aromatic rings. The van der Waals surface area contributed by atoms with Gasteiger partial charge in [0.25, 0.3) is 0 Å². The first-order chi connectivity index (χ1) is 10.1. The standard InChI is InChI=1S/C13H20N6O2/c1-5-14-11-16-12(20-9(3)4)18-13(17-11)21-10-7-15-19(6-2)8-10/h7-9H,5-6H2,1-4H3,(H,14,16,17,18). The number of hydrogen-bond acceptors (Lipinski definition) is 7. The molecule has 0 aliphatic rings. The number of rotatable bonds is 7. The maximum atomic E-state index is 5.60. The third-order valence-corrected chi connectivity index (χ3v) is 2.41. The molecule has 0 atom stereocenters. The lowest BCUT2D eigenvalue weighted by molar-refractivity contribution is 0.218. The van der Waals surface area contributed by atoms with Crippen molar-refractivity contribution < 1.29 is 9.47 Å². The number of nitrogens with zero attached hydrogens (tertiary/aromatic N) is 5. The predicted molar refractivity (Wildman–Crippen MR) is 77.7 cm³/mol. The molecule has 0 saturated carbocycles. The molecule has 114 valence electrons. The molecule has 2 heterocycles. The summed E-state index contributed by atoms with van der Waals surface area (Å²) >= 11 is 0. The van der Waals surface area contributed by atoms with Crippen molar-refractivity contribution in [3.63, 3.8) is 0 Å². The molecule has 0 fully saturated rings. The predicted octanol–water partition coefficient (Wildman–Crippen LogP) is 2.10. The molecule has 1 N–H and O–H groups in total. The Balaban J connectivity index is 2.21. The molecule has 0 bridgehead atoms. The molecule has 2 aromatic heterocycles. The molecule has 8 heteroatoms. The normalized spacial score (nSPS) is 10.7. The Morgan fingerprint density at radius 1 is 1.19 bits per heavy atom. The molecule has 0 saturated heterocycles. The molecule has 8 nitrogen and oxygen atoms in total. The van der Waals surface area contributed by atoms with Crippen LogP contribution in [0.5, 0.6) is 17.8 Å². The van der Waals surface area contributed by atoms with E-state index in [1.165, 1.54) is 0 Å². The van der Waals surface area contributed by atoms with Crippen LogP contribution in [0.4, 0.5) is 5.95 Å². The Morgan fingerprint density at radius 2 is 1.95 bits per heavy atom. The summed E-state index contributed by atoms with van der Waals surface area (Å²) in [5.41, 5.74) is 0. The molecule has 2 rings (SSSR count). The number of aromatic nitrogens is 5. The second kappa shape index (κ2) is 6.87. The topological polar surface area (TPSA) is 87.0 Å². The highest BCUT2D eigenvalue weighted by molar-refractivity contribution is 5.29. The minimum atomic E-state index is -0.0300. The van der Waals surface area contributed by atoms with Crippen molar-refractivity contribution in [3.8, 4) is 17.8 Å². The van der Waals surface area contributed by atoms with Crippen molar-refractivity contribution in [2.75, 3.05) is 11.9 Å². The van der Waals surface area contributed by atoms with Crippen molar-refractivity contribution >= 4 is 5.95 Å². The summed E-state index contributed by atoms with van der Waals surface area (Å²) in [5.74, 6) is 0.988. The lowest BCUT2D eigenvalue weighted by Gasteiger charge is -2.10. The van der Waals surface area contributed by atoms with Crippen molar-refractivity contribution in [2.24, 2.45) is 0 Å². The lowest BCUT2D eigenvalue weighted by atomic mass is 10.5. The van der Waals surface area contributed by atoms with E-state index in [4.69, 9.17) is 9.47 Å². The van der Waals surface area contributed by atoms with Gasteiger partial charge in [0.15, 0.2) is 5.75 Å². The number of hydrogen-bond donors (Lipinski definition) is 1. The zero-order valence-corrected chi connectivity index (χ0v) is 12.7. The van der Waals surface area contributed by atoms with Gasteiger partial charge in [0, 0.05) is 13.1 Å². The van der Waals surface area contributed by atoms with Crippen molar-refractivity contribution in [2.45, 2.75) is 40.3 Å². The molecule has 0 amide bonds. The summed E-state index contributed by atoms with van der Waals surface area (Å²) in [4.78, 5) is 12.5. The van der Waals surface area contributed by atoms with Crippen LogP contribution in [0.2, 0.25) is 0 Å². The molecule has 0 radical (unpaired) electrons. The maximum absolute atomic E-state index is 5.60. The van der Waals surface area contributed by atoms with E-state index in [2.05, 4.69) is 25.4 Å². The second-order valence-electron chi connectivity index (χ2n) is 4.55.